The molecule has 1 amide bonds. The van der Waals surface area contributed by atoms with E-state index in [1.165, 1.54) is 0 Å². The molecule has 26 heavy (non-hydrogen) atoms. The van der Waals surface area contributed by atoms with Gasteiger partial charge in [0.25, 0.3) is 5.91 Å². The molecule has 132 valence electrons. The summed E-state index contributed by atoms with van der Waals surface area (Å²) in [5, 5.41) is 6.78. The van der Waals surface area contributed by atoms with Crippen molar-refractivity contribution < 1.29 is 4.79 Å². The summed E-state index contributed by atoms with van der Waals surface area (Å²) in [4.78, 5) is 25.1. The van der Waals surface area contributed by atoms with Gasteiger partial charge in [-0.25, -0.2) is 9.97 Å². The number of pyridine rings is 1. The van der Waals surface area contributed by atoms with E-state index in [4.69, 9.17) is 23.2 Å². The van der Waals surface area contributed by atoms with Crippen molar-refractivity contribution >= 4 is 40.7 Å². The standard InChI is InChI=1S/C18H15Cl2N5O/c1-11-6-16(17(26)22-10-14-4-2-3-5-21-14)25-18(23-11)24-15-8-12(19)7-13(20)9-15/h2-9H,10H2,1H3,(H,22,26)(H,23,24,25). The lowest BCUT2D eigenvalue weighted by Crippen LogP contribution is -2.24. The number of halogens is 2. The molecule has 2 heterocycles. The minimum Gasteiger partial charge on any atom is -0.345 e. The Kier molecular flexibility index (Phi) is 5.65. The SMILES string of the molecule is Cc1cc(C(=O)NCc2ccccn2)nc(Nc2cc(Cl)cc(Cl)c2)n1. The third kappa shape index (κ3) is 4.91. The van der Waals surface area contributed by atoms with Crippen LogP contribution in [0.25, 0.3) is 0 Å². The molecule has 0 spiro atoms. The van der Waals surface area contributed by atoms with Crippen molar-refractivity contribution in [3.63, 3.8) is 0 Å². The number of amides is 1. The van der Waals surface area contributed by atoms with E-state index >= 15 is 0 Å². The summed E-state index contributed by atoms with van der Waals surface area (Å²) >= 11 is 12.0. The van der Waals surface area contributed by atoms with Crippen molar-refractivity contribution in [2.45, 2.75) is 13.5 Å². The van der Waals surface area contributed by atoms with Gasteiger partial charge in [-0.1, -0.05) is 29.3 Å². The molecule has 6 nitrogen and oxygen atoms in total. The molecular weight excluding hydrogens is 373 g/mol. The molecule has 0 aliphatic carbocycles. The van der Waals surface area contributed by atoms with Crippen LogP contribution in [0.3, 0.4) is 0 Å². The van der Waals surface area contributed by atoms with E-state index < -0.39 is 0 Å². The Hall–Kier alpha value is -2.70. The van der Waals surface area contributed by atoms with E-state index in [0.29, 0.717) is 28.0 Å². The van der Waals surface area contributed by atoms with Crippen molar-refractivity contribution in [1.29, 1.82) is 0 Å². The van der Waals surface area contributed by atoms with Gasteiger partial charge in [0.05, 0.1) is 12.2 Å². The van der Waals surface area contributed by atoms with Crippen LogP contribution in [0.4, 0.5) is 11.6 Å². The van der Waals surface area contributed by atoms with Crippen molar-refractivity contribution in [3.8, 4) is 0 Å². The number of hydrogen-bond acceptors (Lipinski definition) is 5. The minimum atomic E-state index is -0.312. The zero-order valence-corrected chi connectivity index (χ0v) is 15.3. The third-order valence-corrected chi connectivity index (χ3v) is 3.80. The van der Waals surface area contributed by atoms with E-state index in [9.17, 15) is 4.79 Å². The van der Waals surface area contributed by atoms with Crippen LogP contribution >= 0.6 is 23.2 Å². The topological polar surface area (TPSA) is 79.8 Å². The van der Waals surface area contributed by atoms with Crippen LogP contribution in [0, 0.1) is 6.92 Å². The number of nitrogens with one attached hydrogen (secondary N) is 2. The molecule has 0 unspecified atom stereocenters. The van der Waals surface area contributed by atoms with Gasteiger partial charge in [-0.2, -0.15) is 0 Å². The number of nitrogens with zero attached hydrogens (tertiary/aromatic N) is 3. The summed E-state index contributed by atoms with van der Waals surface area (Å²) < 4.78 is 0. The maximum absolute atomic E-state index is 12.4. The number of aromatic nitrogens is 3. The van der Waals surface area contributed by atoms with Crippen molar-refractivity contribution in [3.05, 3.63) is 75.8 Å². The molecule has 3 aromatic rings. The Morgan fingerprint density at radius 1 is 1.08 bits per heavy atom. The van der Waals surface area contributed by atoms with E-state index in [1.54, 1.807) is 37.4 Å². The van der Waals surface area contributed by atoms with Gasteiger partial charge in [0.15, 0.2) is 0 Å². The summed E-state index contributed by atoms with van der Waals surface area (Å²) in [5.74, 6) is -0.0281. The average Bonchev–Trinajstić information content (AvgIpc) is 2.59. The molecule has 0 fully saturated rings. The van der Waals surface area contributed by atoms with Gasteiger partial charge in [-0.15, -0.1) is 0 Å². The number of aryl methyl sites for hydroxylation is 1. The fourth-order valence-corrected chi connectivity index (χ4v) is 2.79. The molecule has 0 radical (unpaired) electrons. The summed E-state index contributed by atoms with van der Waals surface area (Å²) in [7, 11) is 0. The largest absolute Gasteiger partial charge is 0.345 e. The van der Waals surface area contributed by atoms with Gasteiger partial charge in [0, 0.05) is 27.6 Å². The fourth-order valence-electron chi connectivity index (χ4n) is 2.26. The smallest absolute Gasteiger partial charge is 0.270 e. The van der Waals surface area contributed by atoms with E-state index in [1.807, 2.05) is 18.2 Å². The summed E-state index contributed by atoms with van der Waals surface area (Å²) in [6.07, 6.45) is 1.68. The number of carbonyl (C=O) groups excluding carboxylic acids is 1. The van der Waals surface area contributed by atoms with Crippen LogP contribution in [0.2, 0.25) is 10.0 Å². The monoisotopic (exact) mass is 387 g/mol. The lowest BCUT2D eigenvalue weighted by Gasteiger charge is -2.09. The molecule has 1 aromatic carbocycles. The maximum atomic E-state index is 12.4. The first-order chi connectivity index (χ1) is 12.5. The molecule has 3 rings (SSSR count). The van der Waals surface area contributed by atoms with Crippen LogP contribution in [0.1, 0.15) is 21.9 Å². The van der Waals surface area contributed by atoms with E-state index in [-0.39, 0.29) is 17.5 Å². The van der Waals surface area contributed by atoms with Crippen molar-refractivity contribution in [1.82, 2.24) is 20.3 Å². The number of hydrogen-bond donors (Lipinski definition) is 2. The molecule has 0 bridgehead atoms. The molecule has 0 saturated heterocycles. The lowest BCUT2D eigenvalue weighted by molar-refractivity contribution is 0.0945. The third-order valence-electron chi connectivity index (χ3n) is 3.36. The van der Waals surface area contributed by atoms with E-state index in [2.05, 4.69) is 25.6 Å². The molecule has 2 aromatic heterocycles. The number of rotatable bonds is 5. The first-order valence-corrected chi connectivity index (χ1v) is 8.52. The number of benzene rings is 1. The Balaban J connectivity index is 1.75. The highest BCUT2D eigenvalue weighted by molar-refractivity contribution is 6.35. The predicted molar refractivity (Wildman–Crippen MR) is 102 cm³/mol. The Bertz CT molecular complexity index is 914. The quantitative estimate of drug-likeness (QED) is 0.686. The molecule has 2 N–H and O–H groups in total. The zero-order chi connectivity index (χ0) is 18.5. The maximum Gasteiger partial charge on any atom is 0.270 e. The molecule has 8 heteroatoms. The predicted octanol–water partition coefficient (Wildman–Crippen LogP) is 4.16. The van der Waals surface area contributed by atoms with Gasteiger partial charge < -0.3 is 10.6 Å². The van der Waals surface area contributed by atoms with Crippen LogP contribution in [0.5, 0.6) is 0 Å². The van der Waals surface area contributed by atoms with Crippen molar-refractivity contribution in [2.75, 3.05) is 5.32 Å². The zero-order valence-electron chi connectivity index (χ0n) is 13.8. The molecule has 0 saturated carbocycles. The van der Waals surface area contributed by atoms with Crippen LogP contribution in [-0.4, -0.2) is 20.9 Å². The van der Waals surface area contributed by atoms with Crippen LogP contribution in [0.15, 0.2) is 48.7 Å². The number of carbonyl (C=O) groups is 1. The fraction of sp³-hybridized carbons (Fsp3) is 0.111. The Labute approximate surface area is 160 Å². The van der Waals surface area contributed by atoms with Crippen molar-refractivity contribution in [2.24, 2.45) is 0 Å². The van der Waals surface area contributed by atoms with Crippen LogP contribution < -0.4 is 10.6 Å². The first kappa shape index (κ1) is 18.1. The van der Waals surface area contributed by atoms with Crippen LogP contribution in [-0.2, 0) is 6.54 Å². The Morgan fingerprint density at radius 2 is 1.85 bits per heavy atom. The second kappa shape index (κ2) is 8.12. The highest BCUT2D eigenvalue weighted by atomic mass is 35.5. The average molecular weight is 388 g/mol. The van der Waals surface area contributed by atoms with Gasteiger partial charge in [-0.05, 0) is 43.3 Å². The van der Waals surface area contributed by atoms with Gasteiger partial charge in [-0.3, -0.25) is 9.78 Å². The molecule has 0 atom stereocenters. The summed E-state index contributed by atoms with van der Waals surface area (Å²) in [6, 6.07) is 12.1. The number of anilines is 2. The summed E-state index contributed by atoms with van der Waals surface area (Å²) in [5.41, 5.74) is 2.30. The summed E-state index contributed by atoms with van der Waals surface area (Å²) in [6.45, 7) is 2.10. The molecular formula is C18H15Cl2N5O. The second-order valence-electron chi connectivity index (χ2n) is 5.51. The van der Waals surface area contributed by atoms with E-state index in [0.717, 1.165) is 5.69 Å². The van der Waals surface area contributed by atoms with Gasteiger partial charge >= 0.3 is 0 Å². The van der Waals surface area contributed by atoms with Gasteiger partial charge in [0.2, 0.25) is 5.95 Å². The van der Waals surface area contributed by atoms with Gasteiger partial charge in [0.1, 0.15) is 5.69 Å². The highest BCUT2D eigenvalue weighted by Gasteiger charge is 2.11. The first-order valence-electron chi connectivity index (χ1n) is 7.76. The minimum absolute atomic E-state index is 0.254. The second-order valence-corrected chi connectivity index (χ2v) is 6.38. The Morgan fingerprint density at radius 3 is 2.54 bits per heavy atom. The molecule has 0 aliphatic rings. The molecule has 0 aliphatic heterocycles. The highest BCUT2D eigenvalue weighted by Crippen LogP contribution is 2.24. The normalized spacial score (nSPS) is 10.4. The lowest BCUT2D eigenvalue weighted by atomic mass is 10.3.